The van der Waals surface area contributed by atoms with Crippen molar-refractivity contribution in [3.05, 3.63) is 84.2 Å². The van der Waals surface area contributed by atoms with Gasteiger partial charge < -0.3 is 10.2 Å². The lowest BCUT2D eigenvalue weighted by Crippen LogP contribution is -2.39. The van der Waals surface area contributed by atoms with Crippen molar-refractivity contribution in [2.45, 2.75) is 18.9 Å². The van der Waals surface area contributed by atoms with E-state index in [0.717, 1.165) is 59.8 Å². The average Bonchev–Trinajstić information content (AvgIpc) is 3.35. The highest BCUT2D eigenvalue weighted by molar-refractivity contribution is 6.13. The Kier molecular flexibility index (Phi) is 4.97. The summed E-state index contributed by atoms with van der Waals surface area (Å²) < 4.78 is 14.9. The van der Waals surface area contributed by atoms with Crippen molar-refractivity contribution in [1.82, 2.24) is 14.8 Å². The molecule has 1 N–H and O–H groups in total. The third kappa shape index (κ3) is 3.57. The zero-order valence-corrected chi connectivity index (χ0v) is 16.7. The molecular weight excluding hydrogens is 377 g/mol. The van der Waals surface area contributed by atoms with Crippen LogP contribution in [0.25, 0.3) is 21.8 Å². The normalized spacial score (nSPS) is 17.0. The van der Waals surface area contributed by atoms with Crippen LogP contribution in [-0.4, -0.2) is 41.2 Å². The third-order valence-electron chi connectivity index (χ3n) is 6.01. The topological polar surface area (TPSA) is 37.3 Å². The summed E-state index contributed by atoms with van der Waals surface area (Å²) in [5.74, 6) is -0.201. The van der Waals surface area contributed by atoms with Crippen molar-refractivity contribution < 1.29 is 9.18 Å². The average molecular weight is 401 g/mol. The summed E-state index contributed by atoms with van der Waals surface area (Å²) in [6.07, 6.45) is 1.82. The third-order valence-corrected chi connectivity index (χ3v) is 6.01. The van der Waals surface area contributed by atoms with Crippen LogP contribution in [-0.2, 0) is 6.42 Å². The Labute approximate surface area is 174 Å². The van der Waals surface area contributed by atoms with Gasteiger partial charge in [0.2, 0.25) is 0 Å². The highest BCUT2D eigenvalue weighted by Crippen LogP contribution is 2.28. The summed E-state index contributed by atoms with van der Waals surface area (Å²) >= 11 is 0. The Bertz CT molecular complexity index is 1140. The largest absolute Gasteiger partial charge is 0.333 e. The molecule has 0 bridgehead atoms. The monoisotopic (exact) mass is 401 g/mol. The van der Waals surface area contributed by atoms with Crippen LogP contribution in [0.1, 0.15) is 12.0 Å². The fraction of sp³-hybridized carbons (Fsp3) is 0.240. The van der Waals surface area contributed by atoms with E-state index in [1.807, 2.05) is 48.5 Å². The maximum Gasteiger partial charge on any atom is 0.326 e. The first-order valence-electron chi connectivity index (χ1n) is 10.4. The van der Waals surface area contributed by atoms with E-state index in [9.17, 15) is 9.18 Å². The molecule has 1 atom stereocenters. The van der Waals surface area contributed by atoms with Gasteiger partial charge in [0.25, 0.3) is 0 Å². The van der Waals surface area contributed by atoms with Crippen molar-refractivity contribution in [3.63, 3.8) is 0 Å². The van der Waals surface area contributed by atoms with Gasteiger partial charge in [0.15, 0.2) is 0 Å². The molecule has 1 fully saturated rings. The van der Waals surface area contributed by atoms with Gasteiger partial charge in [0.1, 0.15) is 5.82 Å². The molecule has 4 nitrogen and oxygen atoms in total. The molecule has 2 heterocycles. The molecule has 4 aromatic rings. The molecule has 0 spiro atoms. The summed E-state index contributed by atoms with van der Waals surface area (Å²) in [5, 5.41) is 5.42. The maximum atomic E-state index is 13.2. The molecule has 0 aliphatic carbocycles. The molecule has 0 radical (unpaired) electrons. The van der Waals surface area contributed by atoms with Crippen molar-refractivity contribution in [2.75, 3.05) is 19.6 Å². The van der Waals surface area contributed by atoms with Gasteiger partial charge in [-0.3, -0.25) is 4.57 Å². The van der Waals surface area contributed by atoms with Gasteiger partial charge in [-0.2, -0.15) is 0 Å². The number of amides is 1. The van der Waals surface area contributed by atoms with E-state index < -0.39 is 0 Å². The lowest BCUT2D eigenvalue weighted by atomic mass is 10.1. The molecule has 1 aromatic heterocycles. The highest BCUT2D eigenvalue weighted by Gasteiger charge is 2.25. The van der Waals surface area contributed by atoms with E-state index in [0.29, 0.717) is 0 Å². The van der Waals surface area contributed by atoms with Crippen LogP contribution in [0, 0.1) is 5.82 Å². The lowest BCUT2D eigenvalue weighted by Gasteiger charge is -2.17. The van der Waals surface area contributed by atoms with Gasteiger partial charge in [-0.1, -0.05) is 48.5 Å². The maximum absolute atomic E-state index is 13.2. The first kappa shape index (κ1) is 18.8. The van der Waals surface area contributed by atoms with E-state index in [1.54, 1.807) is 4.57 Å². The number of hydrogen-bond acceptors (Lipinski definition) is 2. The fourth-order valence-electron chi connectivity index (χ4n) is 4.47. The minimum atomic E-state index is -0.201. The van der Waals surface area contributed by atoms with Crippen LogP contribution in [0.3, 0.4) is 0 Å². The molecule has 5 rings (SSSR count). The van der Waals surface area contributed by atoms with Gasteiger partial charge in [-0.15, -0.1) is 0 Å². The Morgan fingerprint density at radius 2 is 1.57 bits per heavy atom. The number of carbonyl (C=O) groups is 1. The van der Waals surface area contributed by atoms with Crippen LogP contribution in [0.15, 0.2) is 72.8 Å². The first-order valence-corrected chi connectivity index (χ1v) is 10.4. The molecule has 5 heteroatoms. The number of rotatable bonds is 4. The quantitative estimate of drug-likeness (QED) is 0.533. The van der Waals surface area contributed by atoms with Crippen LogP contribution in [0.5, 0.6) is 0 Å². The van der Waals surface area contributed by atoms with Gasteiger partial charge in [-0.05, 0) is 42.7 Å². The van der Waals surface area contributed by atoms with E-state index in [1.165, 1.54) is 12.1 Å². The zero-order valence-electron chi connectivity index (χ0n) is 16.7. The zero-order chi connectivity index (χ0) is 20.5. The molecule has 152 valence electrons. The molecule has 3 aromatic carbocycles. The van der Waals surface area contributed by atoms with E-state index >= 15 is 0 Å². The molecule has 1 amide bonds. The molecule has 1 aliphatic rings. The van der Waals surface area contributed by atoms with E-state index in [4.69, 9.17) is 0 Å². The van der Waals surface area contributed by atoms with E-state index in [2.05, 4.69) is 22.3 Å². The molecule has 0 saturated carbocycles. The molecule has 30 heavy (non-hydrogen) atoms. The van der Waals surface area contributed by atoms with Gasteiger partial charge in [-0.25, -0.2) is 9.18 Å². The van der Waals surface area contributed by atoms with Gasteiger partial charge in [0, 0.05) is 36.4 Å². The number of halogens is 1. The van der Waals surface area contributed by atoms with E-state index in [-0.39, 0.29) is 17.9 Å². The van der Waals surface area contributed by atoms with Gasteiger partial charge in [0.05, 0.1) is 11.0 Å². The van der Waals surface area contributed by atoms with Crippen molar-refractivity contribution in [3.8, 4) is 0 Å². The van der Waals surface area contributed by atoms with Crippen LogP contribution in [0.4, 0.5) is 9.18 Å². The minimum absolute atomic E-state index is 0.0715. The number of nitrogens with zero attached hydrogens (tertiary/aromatic N) is 2. The second-order valence-electron chi connectivity index (χ2n) is 7.98. The first-order chi connectivity index (χ1) is 14.7. The number of likely N-dealkylation sites (tertiary alicyclic amines) is 1. The second kappa shape index (κ2) is 7.92. The number of aromatic nitrogens is 1. The Hall–Kier alpha value is -3.18. The summed E-state index contributed by atoms with van der Waals surface area (Å²) in [4.78, 5) is 15.6. The second-order valence-corrected chi connectivity index (χ2v) is 7.98. The highest BCUT2D eigenvalue weighted by atomic mass is 19.1. The van der Waals surface area contributed by atoms with Crippen LogP contribution in [0.2, 0.25) is 0 Å². The Balaban J connectivity index is 1.28. The lowest BCUT2D eigenvalue weighted by molar-refractivity contribution is 0.239. The number of benzene rings is 3. The Morgan fingerprint density at radius 3 is 2.23 bits per heavy atom. The Morgan fingerprint density at radius 1 is 0.933 bits per heavy atom. The minimum Gasteiger partial charge on any atom is -0.333 e. The number of nitrogens with one attached hydrogen (secondary N) is 1. The molecular formula is C25H24FN3O. The molecule has 1 saturated heterocycles. The summed E-state index contributed by atoms with van der Waals surface area (Å²) in [6.45, 7) is 2.71. The van der Waals surface area contributed by atoms with Crippen molar-refractivity contribution in [1.29, 1.82) is 0 Å². The SMILES string of the molecule is O=C(NC1CCN(CCc2ccc(F)cc2)C1)n1c2ccccc2c2ccccc21. The predicted molar refractivity (Wildman–Crippen MR) is 118 cm³/mol. The summed E-state index contributed by atoms with van der Waals surface area (Å²) in [6, 6.07) is 22.8. The predicted octanol–water partition coefficient (Wildman–Crippen LogP) is 4.81. The molecule has 1 unspecified atom stereocenters. The number of carbonyl (C=O) groups excluding carboxylic acids is 1. The van der Waals surface area contributed by atoms with Crippen molar-refractivity contribution >= 4 is 27.8 Å². The van der Waals surface area contributed by atoms with Gasteiger partial charge >= 0.3 is 6.03 Å². The number of fused-ring (bicyclic) bond motifs is 3. The number of hydrogen-bond donors (Lipinski definition) is 1. The number of para-hydroxylation sites is 2. The van der Waals surface area contributed by atoms with Crippen LogP contribution < -0.4 is 5.32 Å². The smallest absolute Gasteiger partial charge is 0.326 e. The molecule has 1 aliphatic heterocycles. The summed E-state index contributed by atoms with van der Waals surface area (Å²) in [7, 11) is 0. The summed E-state index contributed by atoms with van der Waals surface area (Å²) in [5.41, 5.74) is 3.00. The fourth-order valence-corrected chi connectivity index (χ4v) is 4.47. The van der Waals surface area contributed by atoms with Crippen molar-refractivity contribution in [2.24, 2.45) is 0 Å². The van der Waals surface area contributed by atoms with Crippen LogP contribution >= 0.6 is 0 Å². The standard InChI is InChI=1S/C25H24FN3O/c26-19-11-9-18(10-12-19)13-15-28-16-14-20(17-28)27-25(30)29-23-7-3-1-5-21(23)22-6-2-4-8-24(22)29/h1-12,20H,13-17H2,(H,27,30).